The molecule has 7 nitrogen and oxygen atoms in total. The van der Waals surface area contributed by atoms with Crippen molar-refractivity contribution in [3.8, 4) is 5.69 Å². The molecular formula is C18H19N3O4. The van der Waals surface area contributed by atoms with E-state index in [0.29, 0.717) is 16.9 Å². The van der Waals surface area contributed by atoms with E-state index in [1.807, 2.05) is 18.4 Å². The first kappa shape index (κ1) is 17.1. The number of fused-ring (bicyclic) bond motifs is 1. The van der Waals surface area contributed by atoms with Crippen LogP contribution in [-0.4, -0.2) is 43.4 Å². The zero-order valence-electron chi connectivity index (χ0n) is 14.0. The number of aromatic carboxylic acids is 1. The molecule has 2 aromatic heterocycles. The molecule has 0 saturated carbocycles. The van der Waals surface area contributed by atoms with Gasteiger partial charge in [0, 0.05) is 11.9 Å². The van der Waals surface area contributed by atoms with Gasteiger partial charge < -0.3 is 14.9 Å². The van der Waals surface area contributed by atoms with Crippen LogP contribution in [0.1, 0.15) is 36.0 Å². The lowest BCUT2D eigenvalue weighted by Crippen LogP contribution is -2.13. The molecule has 0 aliphatic carbocycles. The summed E-state index contributed by atoms with van der Waals surface area (Å²) in [5.41, 5.74) is 2.73. The zero-order valence-corrected chi connectivity index (χ0v) is 14.0. The Morgan fingerprint density at radius 3 is 2.60 bits per heavy atom. The summed E-state index contributed by atoms with van der Waals surface area (Å²) in [5.74, 6) is -0.967. The van der Waals surface area contributed by atoms with E-state index in [9.17, 15) is 9.90 Å². The van der Waals surface area contributed by atoms with Crippen LogP contribution in [0.2, 0.25) is 0 Å². The first-order chi connectivity index (χ1) is 12.0. The van der Waals surface area contributed by atoms with Crippen LogP contribution >= 0.6 is 0 Å². The number of aliphatic hydroxyl groups excluding tert-OH is 1. The van der Waals surface area contributed by atoms with Gasteiger partial charge in [0.15, 0.2) is 5.65 Å². The number of hydrogen-bond acceptors (Lipinski definition) is 5. The fourth-order valence-corrected chi connectivity index (χ4v) is 2.43. The summed E-state index contributed by atoms with van der Waals surface area (Å²) in [6.07, 6.45) is 2.53. The molecule has 0 amide bonds. The number of carbonyl (C=O) groups is 1. The van der Waals surface area contributed by atoms with E-state index in [1.165, 1.54) is 18.3 Å². The summed E-state index contributed by atoms with van der Waals surface area (Å²) < 4.78 is 7.22. The Morgan fingerprint density at radius 1 is 1.24 bits per heavy atom. The molecule has 25 heavy (non-hydrogen) atoms. The van der Waals surface area contributed by atoms with Crippen molar-refractivity contribution < 1.29 is 19.7 Å². The van der Waals surface area contributed by atoms with Crippen LogP contribution in [-0.2, 0) is 4.74 Å². The molecule has 2 N–H and O–H groups in total. The van der Waals surface area contributed by atoms with Crippen LogP contribution in [0.15, 0.2) is 42.7 Å². The summed E-state index contributed by atoms with van der Waals surface area (Å²) in [7, 11) is 0. The molecule has 0 unspecified atom stereocenters. The number of benzene rings is 1. The predicted molar refractivity (Wildman–Crippen MR) is 91.9 cm³/mol. The van der Waals surface area contributed by atoms with Crippen molar-refractivity contribution in [3.05, 3.63) is 54.0 Å². The average Bonchev–Trinajstić information content (AvgIpc) is 3.02. The Kier molecular flexibility index (Phi) is 4.78. The lowest BCUT2D eigenvalue weighted by atomic mass is 10.2. The quantitative estimate of drug-likeness (QED) is 0.715. The van der Waals surface area contributed by atoms with E-state index in [4.69, 9.17) is 9.84 Å². The average molecular weight is 341 g/mol. The topological polar surface area (TPSA) is 97.5 Å². The van der Waals surface area contributed by atoms with E-state index in [-0.39, 0.29) is 18.3 Å². The first-order valence-electron chi connectivity index (χ1n) is 7.93. The van der Waals surface area contributed by atoms with E-state index in [1.54, 1.807) is 24.4 Å². The minimum absolute atomic E-state index is 0.0289. The normalized spacial score (nSPS) is 12.6. The molecule has 3 aromatic rings. The summed E-state index contributed by atoms with van der Waals surface area (Å²) in [4.78, 5) is 19.8. The minimum Gasteiger partial charge on any atom is -0.478 e. The number of ether oxygens (including phenoxy) is 1. The van der Waals surface area contributed by atoms with Gasteiger partial charge >= 0.3 is 5.97 Å². The summed E-state index contributed by atoms with van der Waals surface area (Å²) in [5, 5.41) is 19.1. The molecular weight excluding hydrogens is 322 g/mol. The van der Waals surface area contributed by atoms with Crippen molar-refractivity contribution >= 4 is 17.1 Å². The monoisotopic (exact) mass is 341 g/mol. The van der Waals surface area contributed by atoms with Gasteiger partial charge in [-0.05, 0) is 44.2 Å². The van der Waals surface area contributed by atoms with Crippen molar-refractivity contribution in [1.29, 1.82) is 0 Å². The highest BCUT2D eigenvalue weighted by atomic mass is 16.5. The summed E-state index contributed by atoms with van der Waals surface area (Å²) >= 11 is 0. The maximum atomic E-state index is 10.9. The molecule has 0 aliphatic heterocycles. The number of hydrogen-bond donors (Lipinski definition) is 2. The number of carboxylic acid groups (broad SMARTS) is 1. The lowest BCUT2D eigenvalue weighted by molar-refractivity contribution is 0.00326. The van der Waals surface area contributed by atoms with Crippen LogP contribution in [0.4, 0.5) is 0 Å². The molecule has 0 aliphatic rings. The van der Waals surface area contributed by atoms with Gasteiger partial charge in [0.25, 0.3) is 0 Å². The maximum absolute atomic E-state index is 10.9. The van der Waals surface area contributed by atoms with Crippen LogP contribution in [0, 0.1) is 0 Å². The second-order valence-corrected chi connectivity index (χ2v) is 5.94. The highest BCUT2D eigenvalue weighted by Gasteiger charge is 2.14. The van der Waals surface area contributed by atoms with Gasteiger partial charge in [-0.15, -0.1) is 0 Å². The molecule has 2 heterocycles. The third kappa shape index (κ3) is 3.67. The molecule has 0 radical (unpaired) electrons. The summed E-state index contributed by atoms with van der Waals surface area (Å²) in [6.45, 7) is 3.96. The van der Waals surface area contributed by atoms with E-state index in [2.05, 4.69) is 9.97 Å². The Morgan fingerprint density at radius 2 is 1.96 bits per heavy atom. The van der Waals surface area contributed by atoms with Crippen molar-refractivity contribution in [2.75, 3.05) is 6.61 Å². The number of nitrogens with zero attached hydrogens (tertiary/aromatic N) is 3. The van der Waals surface area contributed by atoms with Crippen molar-refractivity contribution in [2.24, 2.45) is 0 Å². The zero-order chi connectivity index (χ0) is 18.0. The third-order valence-corrected chi connectivity index (χ3v) is 3.73. The fraction of sp³-hybridized carbons (Fsp3) is 0.278. The van der Waals surface area contributed by atoms with Crippen LogP contribution in [0.3, 0.4) is 0 Å². The molecule has 0 fully saturated rings. The SMILES string of the molecule is CC(C)OC[C@H](O)c1cnc2c(ccn2-c2ccc(C(=O)O)cc2)n1. The predicted octanol–water partition coefficient (Wildman–Crippen LogP) is 2.58. The van der Waals surface area contributed by atoms with Gasteiger partial charge in [-0.2, -0.15) is 0 Å². The van der Waals surface area contributed by atoms with Crippen LogP contribution < -0.4 is 0 Å². The number of aliphatic hydroxyl groups is 1. The molecule has 130 valence electrons. The van der Waals surface area contributed by atoms with Crippen molar-refractivity contribution in [1.82, 2.24) is 14.5 Å². The highest BCUT2D eigenvalue weighted by Crippen LogP contribution is 2.20. The Balaban J connectivity index is 1.88. The maximum Gasteiger partial charge on any atom is 0.335 e. The Labute approximate surface area is 144 Å². The van der Waals surface area contributed by atoms with E-state index in [0.717, 1.165) is 5.69 Å². The van der Waals surface area contributed by atoms with Gasteiger partial charge in [0.2, 0.25) is 0 Å². The Hall–Kier alpha value is -2.77. The molecule has 0 spiro atoms. The molecule has 7 heteroatoms. The second-order valence-electron chi connectivity index (χ2n) is 5.94. The second kappa shape index (κ2) is 7.00. The van der Waals surface area contributed by atoms with Crippen LogP contribution in [0.25, 0.3) is 16.9 Å². The number of rotatable bonds is 6. The van der Waals surface area contributed by atoms with Gasteiger partial charge in [-0.1, -0.05) is 0 Å². The van der Waals surface area contributed by atoms with Gasteiger partial charge in [-0.25, -0.2) is 14.8 Å². The highest BCUT2D eigenvalue weighted by molar-refractivity contribution is 5.87. The number of carboxylic acids is 1. The standard InChI is InChI=1S/C18H19N3O4/c1-11(2)25-10-16(22)15-9-19-17-14(20-15)7-8-21(17)13-5-3-12(4-6-13)18(23)24/h3-9,11,16,22H,10H2,1-2H3,(H,23,24)/t16-/m0/s1. The lowest BCUT2D eigenvalue weighted by Gasteiger charge is -2.13. The van der Waals surface area contributed by atoms with Gasteiger partial charge in [-0.3, -0.25) is 4.57 Å². The molecule has 3 rings (SSSR count). The van der Waals surface area contributed by atoms with Gasteiger partial charge in [0.1, 0.15) is 11.6 Å². The van der Waals surface area contributed by atoms with E-state index >= 15 is 0 Å². The summed E-state index contributed by atoms with van der Waals surface area (Å²) in [6, 6.07) is 8.30. The first-order valence-corrected chi connectivity index (χ1v) is 7.93. The third-order valence-electron chi connectivity index (χ3n) is 3.73. The fourth-order valence-electron chi connectivity index (χ4n) is 2.43. The van der Waals surface area contributed by atoms with E-state index < -0.39 is 12.1 Å². The Bertz CT molecular complexity index is 887. The molecule has 0 bridgehead atoms. The minimum atomic E-state index is -0.967. The molecule has 1 atom stereocenters. The largest absolute Gasteiger partial charge is 0.478 e. The van der Waals surface area contributed by atoms with Crippen molar-refractivity contribution in [2.45, 2.75) is 26.1 Å². The van der Waals surface area contributed by atoms with Gasteiger partial charge in [0.05, 0.1) is 30.2 Å². The smallest absolute Gasteiger partial charge is 0.335 e. The van der Waals surface area contributed by atoms with Crippen LogP contribution in [0.5, 0.6) is 0 Å². The molecule has 1 aromatic carbocycles. The van der Waals surface area contributed by atoms with Crippen molar-refractivity contribution in [3.63, 3.8) is 0 Å². The number of aromatic nitrogens is 3. The molecule has 0 saturated heterocycles.